The molecule has 0 aliphatic heterocycles. The first kappa shape index (κ1) is 7.19. The number of ether oxygens (including phenoxy) is 1. The lowest BCUT2D eigenvalue weighted by atomic mass is 10.2. The smallest absolute Gasteiger partial charge is 0.284 e. The number of rotatable bonds is 1. The maximum absolute atomic E-state index is 5.38. The van der Waals surface area contributed by atoms with E-state index >= 15 is 0 Å². The summed E-state index contributed by atoms with van der Waals surface area (Å²) >= 11 is 0. The van der Waals surface area contributed by atoms with Crippen LogP contribution in [0.5, 0.6) is 5.95 Å². The van der Waals surface area contributed by atoms with Crippen molar-refractivity contribution < 1.29 is 9.15 Å². The lowest BCUT2D eigenvalue weighted by Gasteiger charge is -2.18. The van der Waals surface area contributed by atoms with Crippen LogP contribution >= 0.6 is 0 Å². The molecule has 0 saturated carbocycles. The molecule has 1 aromatic rings. The summed E-state index contributed by atoms with van der Waals surface area (Å²) in [4.78, 5) is 0. The van der Waals surface area contributed by atoms with Gasteiger partial charge in [-0.1, -0.05) is 0 Å². The first-order valence-corrected chi connectivity index (χ1v) is 3.30. The Bertz CT molecular complexity index is 182. The van der Waals surface area contributed by atoms with Gasteiger partial charge in [0.1, 0.15) is 5.60 Å². The third-order valence-electron chi connectivity index (χ3n) is 0.902. The van der Waals surface area contributed by atoms with Crippen LogP contribution in [0.1, 0.15) is 20.8 Å². The van der Waals surface area contributed by atoms with E-state index in [0.29, 0.717) is 5.95 Å². The molecular weight excluding hydrogens is 128 g/mol. The molecule has 2 heteroatoms. The fourth-order valence-electron chi connectivity index (χ4n) is 0.623. The minimum atomic E-state index is -0.169. The summed E-state index contributed by atoms with van der Waals surface area (Å²) in [5, 5.41) is 0. The van der Waals surface area contributed by atoms with E-state index in [9.17, 15) is 0 Å². The maximum Gasteiger partial charge on any atom is 0.284 e. The Morgan fingerprint density at radius 2 is 2.10 bits per heavy atom. The quantitative estimate of drug-likeness (QED) is 0.597. The summed E-state index contributed by atoms with van der Waals surface area (Å²) in [7, 11) is 0. The summed E-state index contributed by atoms with van der Waals surface area (Å²) in [5.41, 5.74) is -0.169. The fraction of sp³-hybridized carbons (Fsp3) is 0.500. The highest BCUT2D eigenvalue weighted by Gasteiger charge is 2.12. The molecule has 0 saturated heterocycles. The monoisotopic (exact) mass is 140 g/mol. The molecule has 0 amide bonds. The zero-order valence-corrected chi connectivity index (χ0v) is 6.55. The number of furan rings is 1. The van der Waals surface area contributed by atoms with Crippen molar-refractivity contribution in [2.24, 2.45) is 0 Å². The molecule has 0 bridgehead atoms. The van der Waals surface area contributed by atoms with E-state index < -0.39 is 0 Å². The zero-order valence-electron chi connectivity index (χ0n) is 6.55. The average Bonchev–Trinajstić information content (AvgIpc) is 2.12. The summed E-state index contributed by atoms with van der Waals surface area (Å²) in [5.74, 6) is 0.576. The molecular formula is C8H12O2. The van der Waals surface area contributed by atoms with Gasteiger partial charge in [0.2, 0.25) is 0 Å². The molecule has 0 N–H and O–H groups in total. The van der Waals surface area contributed by atoms with Gasteiger partial charge in [-0.25, -0.2) is 0 Å². The van der Waals surface area contributed by atoms with Crippen LogP contribution in [-0.4, -0.2) is 5.60 Å². The second-order valence-electron chi connectivity index (χ2n) is 3.15. The maximum atomic E-state index is 5.38. The Kier molecular flexibility index (Phi) is 1.70. The Labute approximate surface area is 60.8 Å². The van der Waals surface area contributed by atoms with Gasteiger partial charge in [0.15, 0.2) is 0 Å². The summed E-state index contributed by atoms with van der Waals surface area (Å²) in [6, 6.07) is 3.60. The van der Waals surface area contributed by atoms with E-state index in [1.807, 2.05) is 20.8 Å². The largest absolute Gasteiger partial charge is 0.459 e. The Hall–Kier alpha value is -0.920. The van der Waals surface area contributed by atoms with E-state index in [0.717, 1.165) is 0 Å². The highest BCUT2D eigenvalue weighted by molar-refractivity contribution is 5.05. The van der Waals surface area contributed by atoms with Crippen molar-refractivity contribution in [2.75, 3.05) is 0 Å². The number of hydrogen-bond acceptors (Lipinski definition) is 2. The average molecular weight is 140 g/mol. The first-order chi connectivity index (χ1) is 4.58. The lowest BCUT2D eigenvalue weighted by molar-refractivity contribution is 0.0952. The van der Waals surface area contributed by atoms with Gasteiger partial charge >= 0.3 is 0 Å². The predicted octanol–water partition coefficient (Wildman–Crippen LogP) is 2.46. The van der Waals surface area contributed by atoms with Crippen molar-refractivity contribution >= 4 is 0 Å². The van der Waals surface area contributed by atoms with Crippen LogP contribution in [0.25, 0.3) is 0 Å². The van der Waals surface area contributed by atoms with Gasteiger partial charge in [-0.2, -0.15) is 0 Å². The molecule has 0 aliphatic carbocycles. The minimum absolute atomic E-state index is 0.169. The summed E-state index contributed by atoms with van der Waals surface area (Å²) < 4.78 is 10.4. The Balaban J connectivity index is 2.57. The molecule has 10 heavy (non-hydrogen) atoms. The van der Waals surface area contributed by atoms with Crippen molar-refractivity contribution in [3.8, 4) is 5.95 Å². The van der Waals surface area contributed by atoms with Gasteiger partial charge in [-0.15, -0.1) is 0 Å². The standard InChI is InChI=1S/C8H12O2/c1-8(2,3)10-7-5-4-6-9-7/h4-6H,1-3H3. The lowest BCUT2D eigenvalue weighted by Crippen LogP contribution is -2.22. The highest BCUT2D eigenvalue weighted by atomic mass is 16.6. The van der Waals surface area contributed by atoms with Gasteiger partial charge in [0.25, 0.3) is 5.95 Å². The second-order valence-corrected chi connectivity index (χ2v) is 3.15. The van der Waals surface area contributed by atoms with E-state index in [1.54, 1.807) is 18.4 Å². The van der Waals surface area contributed by atoms with Gasteiger partial charge < -0.3 is 9.15 Å². The van der Waals surface area contributed by atoms with E-state index in [4.69, 9.17) is 9.15 Å². The van der Waals surface area contributed by atoms with Crippen molar-refractivity contribution in [3.63, 3.8) is 0 Å². The topological polar surface area (TPSA) is 22.4 Å². The van der Waals surface area contributed by atoms with E-state index in [-0.39, 0.29) is 5.60 Å². The molecule has 0 spiro atoms. The molecule has 1 aromatic heterocycles. The molecule has 1 rings (SSSR count). The molecule has 2 nitrogen and oxygen atoms in total. The van der Waals surface area contributed by atoms with Crippen LogP contribution in [0.4, 0.5) is 0 Å². The van der Waals surface area contributed by atoms with Gasteiger partial charge in [-0.05, 0) is 26.8 Å². The third kappa shape index (κ3) is 2.13. The Morgan fingerprint density at radius 3 is 2.50 bits per heavy atom. The fourth-order valence-corrected chi connectivity index (χ4v) is 0.623. The summed E-state index contributed by atoms with van der Waals surface area (Å²) in [6.45, 7) is 5.94. The molecule has 0 fully saturated rings. The molecule has 0 aliphatic rings. The Morgan fingerprint density at radius 1 is 1.40 bits per heavy atom. The molecule has 1 heterocycles. The van der Waals surface area contributed by atoms with Crippen molar-refractivity contribution in [1.82, 2.24) is 0 Å². The van der Waals surface area contributed by atoms with Crippen LogP contribution < -0.4 is 4.74 Å². The minimum Gasteiger partial charge on any atom is -0.459 e. The van der Waals surface area contributed by atoms with E-state index in [1.165, 1.54) is 0 Å². The van der Waals surface area contributed by atoms with Crippen LogP contribution in [0.2, 0.25) is 0 Å². The van der Waals surface area contributed by atoms with Crippen LogP contribution in [0.15, 0.2) is 22.8 Å². The normalized spacial score (nSPS) is 11.5. The van der Waals surface area contributed by atoms with Crippen LogP contribution in [0.3, 0.4) is 0 Å². The van der Waals surface area contributed by atoms with Gasteiger partial charge in [0, 0.05) is 6.07 Å². The number of hydrogen-bond donors (Lipinski definition) is 0. The second kappa shape index (κ2) is 2.37. The zero-order chi connectivity index (χ0) is 7.61. The van der Waals surface area contributed by atoms with Crippen molar-refractivity contribution in [1.29, 1.82) is 0 Å². The van der Waals surface area contributed by atoms with E-state index in [2.05, 4.69) is 0 Å². The molecule has 0 aromatic carbocycles. The third-order valence-corrected chi connectivity index (χ3v) is 0.902. The molecule has 56 valence electrons. The highest BCUT2D eigenvalue weighted by Crippen LogP contribution is 2.17. The van der Waals surface area contributed by atoms with Crippen LogP contribution in [0, 0.1) is 0 Å². The SMILES string of the molecule is CC(C)(C)Oc1ccco1. The van der Waals surface area contributed by atoms with Crippen LogP contribution in [-0.2, 0) is 0 Å². The first-order valence-electron chi connectivity index (χ1n) is 3.30. The molecule has 0 atom stereocenters. The van der Waals surface area contributed by atoms with Crippen molar-refractivity contribution in [3.05, 3.63) is 18.4 Å². The molecule has 0 radical (unpaired) electrons. The van der Waals surface area contributed by atoms with Gasteiger partial charge in [0.05, 0.1) is 6.26 Å². The van der Waals surface area contributed by atoms with Gasteiger partial charge in [-0.3, -0.25) is 0 Å². The van der Waals surface area contributed by atoms with Crippen molar-refractivity contribution in [2.45, 2.75) is 26.4 Å². The molecule has 0 unspecified atom stereocenters. The summed E-state index contributed by atoms with van der Waals surface area (Å²) in [6.07, 6.45) is 1.60. The predicted molar refractivity (Wildman–Crippen MR) is 39.1 cm³/mol.